The van der Waals surface area contributed by atoms with Crippen molar-refractivity contribution in [1.29, 1.82) is 0 Å². The molecular weight excluding hydrogens is 252 g/mol. The summed E-state index contributed by atoms with van der Waals surface area (Å²) in [6.07, 6.45) is 1.48. The molecule has 0 heterocycles. The second-order valence-electron chi connectivity index (χ2n) is 4.69. The molecule has 1 aliphatic rings. The van der Waals surface area contributed by atoms with Gasteiger partial charge in [0.25, 0.3) is 0 Å². The molecule has 0 spiro atoms. The number of carbonyl (C=O) groups is 2. The van der Waals surface area contributed by atoms with Crippen LogP contribution in [0.15, 0.2) is 0 Å². The van der Waals surface area contributed by atoms with Gasteiger partial charge >= 0.3 is 11.9 Å². The number of ether oxygens (including phenoxy) is 4. The summed E-state index contributed by atoms with van der Waals surface area (Å²) < 4.78 is 20.3. The molecule has 1 fully saturated rings. The fraction of sp³-hybridized carbons (Fsp3) is 0.846. The molecule has 2 atom stereocenters. The number of hydrogen-bond acceptors (Lipinski definition) is 6. The van der Waals surface area contributed by atoms with Gasteiger partial charge in [-0.25, -0.2) is 0 Å². The van der Waals surface area contributed by atoms with Crippen LogP contribution in [-0.4, -0.2) is 52.6 Å². The monoisotopic (exact) mass is 274 g/mol. The first-order valence-corrected chi connectivity index (χ1v) is 6.28. The van der Waals surface area contributed by atoms with Crippen molar-refractivity contribution in [2.45, 2.75) is 37.9 Å². The highest BCUT2D eigenvalue weighted by Crippen LogP contribution is 2.38. The molecule has 0 unspecified atom stereocenters. The molecule has 0 aromatic rings. The minimum Gasteiger partial charge on any atom is -0.468 e. The Hall–Kier alpha value is -1.14. The largest absolute Gasteiger partial charge is 0.468 e. The van der Waals surface area contributed by atoms with Crippen LogP contribution >= 0.6 is 0 Å². The molecule has 6 heteroatoms. The Kier molecular flexibility index (Phi) is 5.75. The molecule has 0 amide bonds. The van der Waals surface area contributed by atoms with Crippen molar-refractivity contribution >= 4 is 11.9 Å². The lowest BCUT2D eigenvalue weighted by Gasteiger charge is -2.26. The quantitative estimate of drug-likeness (QED) is 0.431. The van der Waals surface area contributed by atoms with Gasteiger partial charge in [-0.05, 0) is 25.7 Å². The predicted molar refractivity (Wildman–Crippen MR) is 66.5 cm³/mol. The Morgan fingerprint density at radius 3 is 1.47 bits per heavy atom. The van der Waals surface area contributed by atoms with E-state index in [2.05, 4.69) is 0 Å². The van der Waals surface area contributed by atoms with Gasteiger partial charge < -0.3 is 18.9 Å². The summed E-state index contributed by atoms with van der Waals surface area (Å²) in [5.41, 5.74) is -1.24. The van der Waals surface area contributed by atoms with Crippen molar-refractivity contribution in [2.24, 2.45) is 5.41 Å². The van der Waals surface area contributed by atoms with E-state index >= 15 is 0 Å². The zero-order valence-corrected chi connectivity index (χ0v) is 11.9. The molecule has 0 aromatic heterocycles. The Morgan fingerprint density at radius 2 is 1.21 bits per heavy atom. The molecule has 110 valence electrons. The molecule has 6 nitrogen and oxygen atoms in total. The highest BCUT2D eigenvalue weighted by molar-refractivity contribution is 6.00. The zero-order valence-electron chi connectivity index (χ0n) is 11.9. The number of methoxy groups -OCH3 is 4. The lowest BCUT2D eigenvalue weighted by Crippen LogP contribution is -2.41. The van der Waals surface area contributed by atoms with Crippen molar-refractivity contribution < 1.29 is 28.5 Å². The summed E-state index contributed by atoms with van der Waals surface area (Å²) in [6, 6.07) is 0. The van der Waals surface area contributed by atoms with Crippen LogP contribution in [0.2, 0.25) is 0 Å². The van der Waals surface area contributed by atoms with E-state index in [4.69, 9.17) is 18.9 Å². The predicted octanol–water partition coefficient (Wildman–Crippen LogP) is 0.923. The van der Waals surface area contributed by atoms with Gasteiger partial charge in [-0.1, -0.05) is 0 Å². The SMILES string of the molecule is COC(=O)C1(C(=O)OC)CC[C@@H](OC)[C@H](OC)CC1. The summed E-state index contributed by atoms with van der Waals surface area (Å²) >= 11 is 0. The lowest BCUT2D eigenvalue weighted by molar-refractivity contribution is -0.170. The molecule has 1 aliphatic carbocycles. The number of carbonyl (C=O) groups excluding carboxylic acids is 2. The van der Waals surface area contributed by atoms with E-state index in [1.807, 2.05) is 0 Å². The molecule has 0 aromatic carbocycles. The first-order chi connectivity index (χ1) is 9.05. The highest BCUT2D eigenvalue weighted by atomic mass is 16.5. The fourth-order valence-corrected chi connectivity index (χ4v) is 2.70. The maximum absolute atomic E-state index is 12.0. The Labute approximate surface area is 113 Å². The Bertz CT molecular complexity index is 295. The molecule has 0 saturated heterocycles. The molecule has 0 aliphatic heterocycles. The van der Waals surface area contributed by atoms with Gasteiger partial charge in [0, 0.05) is 14.2 Å². The van der Waals surface area contributed by atoms with Crippen molar-refractivity contribution in [3.8, 4) is 0 Å². The smallest absolute Gasteiger partial charge is 0.323 e. The third kappa shape index (κ3) is 3.06. The normalized spacial score (nSPS) is 26.3. The van der Waals surface area contributed by atoms with Crippen LogP contribution in [-0.2, 0) is 28.5 Å². The zero-order chi connectivity index (χ0) is 14.5. The van der Waals surface area contributed by atoms with Gasteiger partial charge in [0.1, 0.15) is 0 Å². The first kappa shape index (κ1) is 15.9. The second-order valence-corrected chi connectivity index (χ2v) is 4.69. The molecule has 0 bridgehead atoms. The van der Waals surface area contributed by atoms with E-state index < -0.39 is 17.4 Å². The van der Waals surface area contributed by atoms with E-state index in [1.54, 1.807) is 14.2 Å². The van der Waals surface area contributed by atoms with E-state index in [0.717, 1.165) is 0 Å². The topological polar surface area (TPSA) is 71.1 Å². The maximum atomic E-state index is 12.0. The number of hydrogen-bond donors (Lipinski definition) is 0. The third-order valence-electron chi connectivity index (χ3n) is 3.88. The van der Waals surface area contributed by atoms with Crippen molar-refractivity contribution in [1.82, 2.24) is 0 Å². The summed E-state index contributed by atoms with van der Waals surface area (Å²) in [6.45, 7) is 0. The van der Waals surface area contributed by atoms with Gasteiger partial charge in [0.05, 0.1) is 26.4 Å². The van der Waals surface area contributed by atoms with Gasteiger partial charge in [-0.2, -0.15) is 0 Å². The highest BCUT2D eigenvalue weighted by Gasteiger charge is 2.50. The van der Waals surface area contributed by atoms with Crippen LogP contribution in [0.3, 0.4) is 0 Å². The second kappa shape index (κ2) is 6.86. The van der Waals surface area contributed by atoms with Crippen molar-refractivity contribution in [3.63, 3.8) is 0 Å². The van der Waals surface area contributed by atoms with Crippen LogP contribution < -0.4 is 0 Å². The summed E-state index contributed by atoms with van der Waals surface area (Å²) in [5, 5.41) is 0. The van der Waals surface area contributed by atoms with E-state index in [1.165, 1.54) is 14.2 Å². The average Bonchev–Trinajstić information content (AvgIpc) is 2.65. The molecule has 0 radical (unpaired) electrons. The molecule has 1 rings (SSSR count). The molecule has 1 saturated carbocycles. The molecule has 0 N–H and O–H groups in total. The van der Waals surface area contributed by atoms with Crippen LogP contribution in [0.1, 0.15) is 25.7 Å². The fourth-order valence-electron chi connectivity index (χ4n) is 2.70. The minimum absolute atomic E-state index is 0.138. The van der Waals surface area contributed by atoms with Crippen LogP contribution in [0.4, 0.5) is 0 Å². The third-order valence-corrected chi connectivity index (χ3v) is 3.88. The van der Waals surface area contributed by atoms with Crippen LogP contribution in [0.25, 0.3) is 0 Å². The average molecular weight is 274 g/mol. The lowest BCUT2D eigenvalue weighted by atomic mass is 9.80. The van der Waals surface area contributed by atoms with Crippen molar-refractivity contribution in [2.75, 3.05) is 28.4 Å². The van der Waals surface area contributed by atoms with E-state index in [0.29, 0.717) is 25.7 Å². The molecule has 19 heavy (non-hydrogen) atoms. The van der Waals surface area contributed by atoms with Gasteiger partial charge in [-0.15, -0.1) is 0 Å². The van der Waals surface area contributed by atoms with Crippen LogP contribution in [0.5, 0.6) is 0 Å². The van der Waals surface area contributed by atoms with Gasteiger partial charge in [-0.3, -0.25) is 9.59 Å². The first-order valence-electron chi connectivity index (χ1n) is 6.28. The Balaban J connectivity index is 3.01. The van der Waals surface area contributed by atoms with E-state index in [9.17, 15) is 9.59 Å². The Morgan fingerprint density at radius 1 is 0.842 bits per heavy atom. The summed E-state index contributed by atoms with van der Waals surface area (Å²) in [7, 11) is 5.75. The summed E-state index contributed by atoms with van der Waals surface area (Å²) in [4.78, 5) is 24.1. The molecular formula is C13H22O6. The van der Waals surface area contributed by atoms with Gasteiger partial charge in [0.15, 0.2) is 5.41 Å². The summed E-state index contributed by atoms with van der Waals surface area (Å²) in [5.74, 6) is -1.10. The number of esters is 2. The minimum atomic E-state index is -1.24. The number of rotatable bonds is 4. The maximum Gasteiger partial charge on any atom is 0.323 e. The van der Waals surface area contributed by atoms with Crippen molar-refractivity contribution in [3.05, 3.63) is 0 Å². The van der Waals surface area contributed by atoms with E-state index in [-0.39, 0.29) is 12.2 Å². The van der Waals surface area contributed by atoms with Gasteiger partial charge in [0.2, 0.25) is 0 Å². The standard InChI is InChI=1S/C13H22O6/c1-16-9-5-7-13(11(14)18-3,12(15)19-4)8-6-10(9)17-2/h9-10H,5-8H2,1-4H3/t9-,10-/m1/s1. The van der Waals surface area contributed by atoms with Crippen LogP contribution in [0, 0.1) is 5.41 Å².